The highest BCUT2D eigenvalue weighted by molar-refractivity contribution is 9.10. The van der Waals surface area contributed by atoms with Crippen molar-refractivity contribution < 1.29 is 4.79 Å². The van der Waals surface area contributed by atoms with E-state index in [1.165, 1.54) is 32.1 Å². The maximum atomic E-state index is 13.1. The van der Waals surface area contributed by atoms with E-state index in [4.69, 9.17) is 0 Å². The predicted molar refractivity (Wildman–Crippen MR) is 80.5 cm³/mol. The topological polar surface area (TPSA) is 34.9 Å². The van der Waals surface area contributed by atoms with Gasteiger partial charge in [0.25, 0.3) is 0 Å². The van der Waals surface area contributed by atoms with Crippen LogP contribution in [-0.2, 0) is 6.54 Å². The van der Waals surface area contributed by atoms with Crippen LogP contribution in [0.1, 0.15) is 49.5 Å². The number of carbonyl (C=O) groups excluding carboxylic acids is 1. The molecule has 4 heteroatoms. The first-order valence-corrected chi connectivity index (χ1v) is 8.72. The van der Waals surface area contributed by atoms with E-state index in [2.05, 4.69) is 21.0 Å². The molecule has 0 saturated heterocycles. The van der Waals surface area contributed by atoms with Crippen molar-refractivity contribution in [3.8, 4) is 0 Å². The highest BCUT2D eigenvalue weighted by atomic mass is 79.9. The number of aryl methyl sites for hydroxylation is 1. The molecule has 108 valence electrons. The summed E-state index contributed by atoms with van der Waals surface area (Å²) in [6.07, 6.45) is 8.38. The zero-order chi connectivity index (χ0) is 13.9. The van der Waals surface area contributed by atoms with Gasteiger partial charge in [-0.15, -0.1) is 0 Å². The second-order valence-electron chi connectivity index (χ2n) is 6.98. The lowest BCUT2D eigenvalue weighted by atomic mass is 9.51. The summed E-state index contributed by atoms with van der Waals surface area (Å²) in [7, 11) is 0. The standard InChI is InChI=1S/C16H21BrN2O/c1-2-19-15(13(17)8-18-19)16(20)14-11-4-9-3-10(6-11)7-12(14)5-9/h8-12,14H,2-7H2,1H3. The molecule has 4 aliphatic rings. The van der Waals surface area contributed by atoms with Gasteiger partial charge in [-0.05, 0) is 78.6 Å². The van der Waals surface area contributed by atoms with E-state index in [1.54, 1.807) is 6.20 Å². The number of hydrogen-bond donors (Lipinski definition) is 0. The largest absolute Gasteiger partial charge is 0.292 e. The maximum Gasteiger partial charge on any atom is 0.185 e. The summed E-state index contributed by atoms with van der Waals surface area (Å²) in [6, 6.07) is 0. The van der Waals surface area contributed by atoms with Crippen LogP contribution >= 0.6 is 15.9 Å². The summed E-state index contributed by atoms with van der Waals surface area (Å²) >= 11 is 3.52. The molecule has 5 rings (SSSR count). The number of ketones is 1. The number of Topliss-reactive ketones (excluding diaryl/α,β-unsaturated/α-hetero) is 1. The summed E-state index contributed by atoms with van der Waals surface area (Å²) in [6.45, 7) is 2.81. The summed E-state index contributed by atoms with van der Waals surface area (Å²) < 4.78 is 2.73. The lowest BCUT2D eigenvalue weighted by molar-refractivity contribution is -0.0255. The lowest BCUT2D eigenvalue weighted by Crippen LogP contribution is -2.48. The molecule has 0 unspecified atom stereocenters. The monoisotopic (exact) mass is 336 g/mol. The second kappa shape index (κ2) is 4.69. The molecule has 1 aromatic rings. The van der Waals surface area contributed by atoms with Gasteiger partial charge in [-0.25, -0.2) is 0 Å². The number of carbonyl (C=O) groups is 1. The van der Waals surface area contributed by atoms with Gasteiger partial charge in [-0.2, -0.15) is 5.10 Å². The molecule has 4 fully saturated rings. The molecule has 0 aromatic carbocycles. The Bertz CT molecular complexity index is 523. The van der Waals surface area contributed by atoms with Crippen LogP contribution in [0.5, 0.6) is 0 Å². The summed E-state index contributed by atoms with van der Waals surface area (Å²) in [5.41, 5.74) is 0.810. The molecular weight excluding hydrogens is 316 g/mol. The van der Waals surface area contributed by atoms with Crippen molar-refractivity contribution in [2.45, 2.75) is 45.6 Å². The number of rotatable bonds is 3. The molecule has 0 spiro atoms. The Hall–Kier alpha value is -0.640. The van der Waals surface area contributed by atoms with Gasteiger partial charge in [0.15, 0.2) is 5.78 Å². The van der Waals surface area contributed by atoms with Crippen molar-refractivity contribution >= 4 is 21.7 Å². The Labute approximate surface area is 128 Å². The van der Waals surface area contributed by atoms with Crippen molar-refractivity contribution in [3.05, 3.63) is 16.4 Å². The molecule has 1 aromatic heterocycles. The molecule has 0 N–H and O–H groups in total. The first-order valence-electron chi connectivity index (χ1n) is 7.92. The summed E-state index contributed by atoms with van der Waals surface area (Å²) in [5.74, 6) is 3.74. The third kappa shape index (κ3) is 1.83. The molecule has 4 bridgehead atoms. The zero-order valence-electron chi connectivity index (χ0n) is 11.9. The van der Waals surface area contributed by atoms with Crippen LogP contribution in [0.2, 0.25) is 0 Å². The van der Waals surface area contributed by atoms with Gasteiger partial charge in [0.1, 0.15) is 5.69 Å². The van der Waals surface area contributed by atoms with Crippen molar-refractivity contribution in [2.24, 2.45) is 29.6 Å². The Morgan fingerprint density at radius 2 is 1.85 bits per heavy atom. The van der Waals surface area contributed by atoms with E-state index in [0.717, 1.165) is 28.5 Å². The van der Waals surface area contributed by atoms with E-state index in [9.17, 15) is 4.79 Å². The van der Waals surface area contributed by atoms with Crippen LogP contribution in [0.4, 0.5) is 0 Å². The Kier molecular flexibility index (Phi) is 3.06. The van der Waals surface area contributed by atoms with Crippen molar-refractivity contribution in [1.82, 2.24) is 9.78 Å². The molecule has 0 radical (unpaired) electrons. The maximum absolute atomic E-state index is 13.1. The Morgan fingerprint density at radius 3 is 2.40 bits per heavy atom. The molecule has 1 heterocycles. The van der Waals surface area contributed by atoms with Crippen LogP contribution in [0, 0.1) is 29.6 Å². The lowest BCUT2D eigenvalue weighted by Gasteiger charge is -2.53. The molecule has 0 amide bonds. The van der Waals surface area contributed by atoms with Gasteiger partial charge in [0, 0.05) is 12.5 Å². The highest BCUT2D eigenvalue weighted by Crippen LogP contribution is 2.57. The van der Waals surface area contributed by atoms with E-state index < -0.39 is 0 Å². The SMILES string of the molecule is CCn1ncc(Br)c1C(=O)C1C2CC3CC(C2)CC1C3. The minimum Gasteiger partial charge on any atom is -0.292 e. The zero-order valence-corrected chi connectivity index (χ0v) is 13.5. The average molecular weight is 337 g/mol. The number of aromatic nitrogens is 2. The van der Waals surface area contributed by atoms with Crippen molar-refractivity contribution in [3.63, 3.8) is 0 Å². The van der Waals surface area contributed by atoms with Crippen molar-refractivity contribution in [2.75, 3.05) is 0 Å². The van der Waals surface area contributed by atoms with Crippen LogP contribution in [0.3, 0.4) is 0 Å². The van der Waals surface area contributed by atoms with Crippen LogP contribution < -0.4 is 0 Å². The second-order valence-corrected chi connectivity index (χ2v) is 7.83. The van der Waals surface area contributed by atoms with Crippen LogP contribution in [0.15, 0.2) is 10.7 Å². The third-order valence-corrected chi connectivity index (χ3v) is 6.44. The number of halogens is 1. The van der Waals surface area contributed by atoms with E-state index in [-0.39, 0.29) is 5.92 Å². The smallest absolute Gasteiger partial charge is 0.185 e. The quantitative estimate of drug-likeness (QED) is 0.784. The predicted octanol–water partition coefficient (Wildman–Crippen LogP) is 3.92. The fourth-order valence-corrected chi connectivity index (χ4v) is 5.85. The number of nitrogens with zero attached hydrogens (tertiary/aromatic N) is 2. The molecular formula is C16H21BrN2O. The van der Waals surface area contributed by atoms with Crippen molar-refractivity contribution in [1.29, 1.82) is 0 Å². The fraction of sp³-hybridized carbons (Fsp3) is 0.750. The molecule has 20 heavy (non-hydrogen) atoms. The minimum atomic E-state index is 0.265. The molecule has 0 aliphatic heterocycles. The average Bonchev–Trinajstić information content (AvgIpc) is 2.78. The van der Waals surface area contributed by atoms with Crippen LogP contribution in [-0.4, -0.2) is 15.6 Å². The van der Waals surface area contributed by atoms with Gasteiger partial charge in [0.05, 0.1) is 10.7 Å². The van der Waals surface area contributed by atoms with Gasteiger partial charge in [0.2, 0.25) is 0 Å². The molecule has 4 aliphatic carbocycles. The summed E-state index contributed by atoms with van der Waals surface area (Å²) in [4.78, 5) is 13.1. The van der Waals surface area contributed by atoms with Crippen LogP contribution in [0.25, 0.3) is 0 Å². The van der Waals surface area contributed by atoms with Gasteiger partial charge >= 0.3 is 0 Å². The minimum absolute atomic E-state index is 0.265. The first kappa shape index (κ1) is 13.1. The molecule has 4 saturated carbocycles. The molecule has 0 atom stereocenters. The summed E-state index contributed by atoms with van der Waals surface area (Å²) in [5, 5.41) is 4.32. The highest BCUT2D eigenvalue weighted by Gasteiger charge is 2.51. The Morgan fingerprint density at radius 1 is 1.25 bits per heavy atom. The fourth-order valence-electron chi connectivity index (χ4n) is 5.36. The van der Waals surface area contributed by atoms with Gasteiger partial charge in [-0.3, -0.25) is 9.48 Å². The Balaban J connectivity index is 1.67. The molecule has 3 nitrogen and oxygen atoms in total. The van der Waals surface area contributed by atoms with Gasteiger partial charge < -0.3 is 0 Å². The van der Waals surface area contributed by atoms with E-state index in [1.807, 2.05) is 11.6 Å². The number of hydrogen-bond acceptors (Lipinski definition) is 2. The third-order valence-electron chi connectivity index (χ3n) is 5.86. The van der Waals surface area contributed by atoms with E-state index >= 15 is 0 Å². The van der Waals surface area contributed by atoms with E-state index in [0.29, 0.717) is 17.6 Å². The first-order chi connectivity index (χ1) is 9.67. The van der Waals surface area contributed by atoms with Gasteiger partial charge in [-0.1, -0.05) is 0 Å². The normalized spacial score (nSPS) is 38.4.